The summed E-state index contributed by atoms with van der Waals surface area (Å²) in [5.41, 5.74) is 4.19. The SMILES string of the molecule is CC/C(=C\c1cccc(O)c1)CC[C@H]1OB(O)C[C@H]2C1=C(COC)C[C@H]1C(=O)N(Cc3cccs3)C(=O)[C@H]12. The Morgan fingerprint density at radius 3 is 2.79 bits per heavy atom. The van der Waals surface area contributed by atoms with E-state index in [1.807, 2.05) is 29.6 Å². The summed E-state index contributed by atoms with van der Waals surface area (Å²) in [6.45, 7) is 2.77. The zero-order valence-electron chi connectivity index (χ0n) is 21.8. The highest BCUT2D eigenvalue weighted by molar-refractivity contribution is 7.09. The molecule has 200 valence electrons. The fraction of sp³-hybridized carbons (Fsp3) is 0.448. The van der Waals surface area contributed by atoms with Crippen molar-refractivity contribution < 1.29 is 29.1 Å². The van der Waals surface area contributed by atoms with E-state index in [4.69, 9.17) is 9.39 Å². The number of benzene rings is 1. The first-order valence-electron chi connectivity index (χ1n) is 13.3. The molecule has 4 atom stereocenters. The zero-order chi connectivity index (χ0) is 26.8. The third kappa shape index (κ3) is 5.38. The van der Waals surface area contributed by atoms with Crippen LogP contribution in [0.5, 0.6) is 5.75 Å². The van der Waals surface area contributed by atoms with Crippen LogP contribution in [0.25, 0.3) is 6.08 Å². The number of imide groups is 1. The van der Waals surface area contributed by atoms with E-state index in [9.17, 15) is 19.7 Å². The number of phenols is 1. The molecule has 1 aliphatic carbocycles. The molecule has 0 spiro atoms. The number of hydrogen-bond donors (Lipinski definition) is 2. The highest BCUT2D eigenvalue weighted by Gasteiger charge is 2.57. The molecule has 2 aromatic rings. The smallest absolute Gasteiger partial charge is 0.455 e. The minimum Gasteiger partial charge on any atom is -0.508 e. The lowest BCUT2D eigenvalue weighted by Gasteiger charge is -2.43. The van der Waals surface area contributed by atoms with Crippen LogP contribution in [0.2, 0.25) is 6.32 Å². The number of fused-ring (bicyclic) bond motifs is 3. The summed E-state index contributed by atoms with van der Waals surface area (Å²) in [5.74, 6) is -1.20. The van der Waals surface area contributed by atoms with Gasteiger partial charge in [-0.25, -0.2) is 0 Å². The van der Waals surface area contributed by atoms with Gasteiger partial charge in [0.15, 0.2) is 0 Å². The Kier molecular flexibility index (Phi) is 8.19. The molecule has 2 amide bonds. The fourth-order valence-corrected chi connectivity index (χ4v) is 7.06. The third-order valence-electron chi connectivity index (χ3n) is 8.03. The van der Waals surface area contributed by atoms with E-state index in [0.29, 0.717) is 32.3 Å². The summed E-state index contributed by atoms with van der Waals surface area (Å²) < 4.78 is 11.6. The van der Waals surface area contributed by atoms with Gasteiger partial charge in [-0.2, -0.15) is 0 Å². The number of methoxy groups -OCH3 is 1. The second-order valence-electron chi connectivity index (χ2n) is 10.4. The van der Waals surface area contributed by atoms with E-state index in [1.165, 1.54) is 21.8 Å². The van der Waals surface area contributed by atoms with E-state index in [1.54, 1.807) is 19.2 Å². The predicted octanol–water partition coefficient (Wildman–Crippen LogP) is 4.67. The molecule has 3 heterocycles. The average molecular weight is 535 g/mol. The second-order valence-corrected chi connectivity index (χ2v) is 11.4. The molecule has 0 radical (unpaired) electrons. The van der Waals surface area contributed by atoms with Crippen molar-refractivity contribution in [2.45, 2.75) is 51.6 Å². The second kappa shape index (κ2) is 11.6. The summed E-state index contributed by atoms with van der Waals surface area (Å²) in [5, 5.41) is 22.5. The minimum absolute atomic E-state index is 0.124. The number of nitrogens with zero attached hydrogens (tertiary/aromatic N) is 1. The van der Waals surface area contributed by atoms with E-state index < -0.39 is 19.0 Å². The van der Waals surface area contributed by atoms with Crippen molar-refractivity contribution in [2.75, 3.05) is 13.7 Å². The molecule has 0 saturated carbocycles. The maximum Gasteiger partial charge on any atom is 0.455 e. The van der Waals surface area contributed by atoms with Crippen LogP contribution in [0.15, 0.2) is 58.5 Å². The molecule has 2 aliphatic heterocycles. The summed E-state index contributed by atoms with van der Waals surface area (Å²) in [6.07, 6.45) is 4.73. The maximum atomic E-state index is 13.7. The van der Waals surface area contributed by atoms with Crippen LogP contribution in [-0.4, -0.2) is 53.8 Å². The molecule has 7 nitrogen and oxygen atoms in total. The third-order valence-corrected chi connectivity index (χ3v) is 8.90. The Labute approximate surface area is 227 Å². The lowest BCUT2D eigenvalue weighted by molar-refractivity contribution is -0.140. The quantitative estimate of drug-likeness (QED) is 0.275. The summed E-state index contributed by atoms with van der Waals surface area (Å²) in [4.78, 5) is 29.5. The molecule has 1 aromatic heterocycles. The summed E-state index contributed by atoms with van der Waals surface area (Å²) in [6, 6.07) is 11.0. The number of rotatable bonds is 9. The number of ether oxygens (including phenoxy) is 1. The van der Waals surface area contributed by atoms with Crippen LogP contribution in [0.3, 0.4) is 0 Å². The van der Waals surface area contributed by atoms with Gasteiger partial charge in [0.1, 0.15) is 5.75 Å². The topological polar surface area (TPSA) is 96.3 Å². The van der Waals surface area contributed by atoms with Gasteiger partial charge < -0.3 is 19.5 Å². The molecule has 9 heteroatoms. The van der Waals surface area contributed by atoms with Crippen LogP contribution in [0.1, 0.15) is 43.0 Å². The van der Waals surface area contributed by atoms with E-state index >= 15 is 0 Å². The first kappa shape index (κ1) is 26.9. The van der Waals surface area contributed by atoms with Gasteiger partial charge in [-0.1, -0.05) is 36.8 Å². The molecule has 1 aromatic carbocycles. The predicted molar refractivity (Wildman–Crippen MR) is 147 cm³/mol. The first-order valence-corrected chi connectivity index (χ1v) is 14.2. The van der Waals surface area contributed by atoms with Crippen LogP contribution in [-0.2, 0) is 25.5 Å². The van der Waals surface area contributed by atoms with Crippen molar-refractivity contribution in [2.24, 2.45) is 17.8 Å². The monoisotopic (exact) mass is 535 g/mol. The van der Waals surface area contributed by atoms with Gasteiger partial charge in [0.25, 0.3) is 0 Å². The van der Waals surface area contributed by atoms with Gasteiger partial charge in [-0.05, 0) is 78.2 Å². The van der Waals surface area contributed by atoms with Crippen LogP contribution < -0.4 is 0 Å². The van der Waals surface area contributed by atoms with Crippen molar-refractivity contribution in [1.82, 2.24) is 4.90 Å². The highest BCUT2D eigenvalue weighted by atomic mass is 32.1. The molecular weight excluding hydrogens is 501 g/mol. The zero-order valence-corrected chi connectivity index (χ0v) is 22.7. The van der Waals surface area contributed by atoms with Gasteiger partial charge in [0, 0.05) is 12.0 Å². The molecule has 2 saturated heterocycles. The number of hydrogen-bond acceptors (Lipinski definition) is 7. The summed E-state index contributed by atoms with van der Waals surface area (Å²) >= 11 is 1.54. The summed E-state index contributed by atoms with van der Waals surface area (Å²) in [7, 11) is 0.644. The molecule has 0 unspecified atom stereocenters. The van der Waals surface area contributed by atoms with Crippen LogP contribution in [0.4, 0.5) is 0 Å². The minimum atomic E-state index is -0.995. The van der Waals surface area contributed by atoms with Crippen molar-refractivity contribution in [1.29, 1.82) is 0 Å². The van der Waals surface area contributed by atoms with E-state index in [-0.39, 0.29) is 29.6 Å². The number of carbonyl (C=O) groups is 2. The molecule has 0 bridgehead atoms. The van der Waals surface area contributed by atoms with Crippen molar-refractivity contribution in [3.05, 3.63) is 68.9 Å². The molecule has 3 aliphatic rings. The number of allylic oxidation sites excluding steroid dienone is 1. The number of likely N-dealkylation sites (tertiary alicyclic amines) is 1. The first-order chi connectivity index (χ1) is 18.4. The maximum absolute atomic E-state index is 13.7. The molecule has 5 rings (SSSR count). The Hall–Kier alpha value is -2.72. The Bertz CT molecular complexity index is 1240. The Morgan fingerprint density at radius 2 is 2.08 bits per heavy atom. The largest absolute Gasteiger partial charge is 0.508 e. The highest BCUT2D eigenvalue weighted by Crippen LogP contribution is 2.51. The molecular formula is C29H34BNO6S. The van der Waals surface area contributed by atoms with E-state index in [2.05, 4.69) is 13.0 Å². The van der Waals surface area contributed by atoms with Crippen LogP contribution >= 0.6 is 11.3 Å². The Morgan fingerprint density at radius 1 is 1.24 bits per heavy atom. The fourth-order valence-electron chi connectivity index (χ4n) is 6.37. The van der Waals surface area contributed by atoms with E-state index in [0.717, 1.165) is 34.4 Å². The Balaban J connectivity index is 1.41. The lowest BCUT2D eigenvalue weighted by Crippen LogP contribution is -2.46. The standard InChI is InChI=1S/C29H34BNO6S/c1-3-18(12-19-6-4-7-21(32)13-19)9-10-25-26-20(17-36-2)14-23-27(24(26)15-30(35)37-25)29(34)31(28(23)33)16-22-8-5-11-38-22/h4-8,11-13,23-25,27,32,35H,3,9-10,14-17H2,1-2H3/b18-12+/t23-,24+,25-,27-/m1/s1. The van der Waals surface area contributed by atoms with Gasteiger partial charge in [-0.3, -0.25) is 14.5 Å². The average Bonchev–Trinajstić information content (AvgIpc) is 3.49. The van der Waals surface area contributed by atoms with Gasteiger partial charge in [0.2, 0.25) is 11.8 Å². The lowest BCUT2D eigenvalue weighted by atomic mass is 9.58. The van der Waals surface area contributed by atoms with Crippen LogP contribution in [0, 0.1) is 17.8 Å². The van der Waals surface area contributed by atoms with Crippen molar-refractivity contribution in [3.63, 3.8) is 0 Å². The van der Waals surface area contributed by atoms with Gasteiger partial charge in [0.05, 0.1) is 31.1 Å². The molecule has 2 fully saturated rings. The number of carbonyl (C=O) groups excluding carboxylic acids is 2. The number of aromatic hydroxyl groups is 1. The molecule has 2 N–H and O–H groups in total. The number of phenolic OH excluding ortho intramolecular Hbond substituents is 1. The number of thiophene rings is 1. The van der Waals surface area contributed by atoms with Gasteiger partial charge >= 0.3 is 7.12 Å². The molecule has 38 heavy (non-hydrogen) atoms. The van der Waals surface area contributed by atoms with Crippen molar-refractivity contribution >= 4 is 36.3 Å². The van der Waals surface area contributed by atoms with Gasteiger partial charge in [-0.15, -0.1) is 11.3 Å². The number of amides is 2. The van der Waals surface area contributed by atoms with Crippen molar-refractivity contribution in [3.8, 4) is 5.75 Å². The normalized spacial score (nSPS) is 25.7.